The summed E-state index contributed by atoms with van der Waals surface area (Å²) in [6, 6.07) is 17.5. The fourth-order valence-corrected chi connectivity index (χ4v) is 1.93. The van der Waals surface area contributed by atoms with Crippen LogP contribution in [0.15, 0.2) is 54.6 Å². The minimum Gasteiger partial charge on any atom is -0.398 e. The summed E-state index contributed by atoms with van der Waals surface area (Å²) in [5.41, 5.74) is 9.25. The minimum atomic E-state index is 0.0126. The molecule has 17 heavy (non-hydrogen) atoms. The second-order valence-electron chi connectivity index (χ2n) is 4.13. The normalized spacial score (nSPS) is 12.1. The smallest absolute Gasteiger partial charge is 0.0458 e. The van der Waals surface area contributed by atoms with Crippen LogP contribution in [0.2, 0.25) is 0 Å². The van der Waals surface area contributed by atoms with Crippen molar-refractivity contribution in [2.45, 2.75) is 12.8 Å². The number of hydrogen-bond acceptors (Lipinski definition) is 2. The zero-order valence-corrected chi connectivity index (χ0v) is 9.85. The van der Waals surface area contributed by atoms with Crippen molar-refractivity contribution in [3.8, 4) is 0 Å². The minimum absolute atomic E-state index is 0.0126. The maximum Gasteiger partial charge on any atom is 0.0458 e. The van der Waals surface area contributed by atoms with Crippen molar-refractivity contribution < 1.29 is 0 Å². The topological polar surface area (TPSA) is 49.9 Å². The number of nitrogens with one attached hydrogen (secondary N) is 1. The van der Waals surface area contributed by atoms with Crippen LogP contribution in [0.4, 0.5) is 5.69 Å². The molecule has 0 amide bonds. The molecule has 0 saturated carbocycles. The van der Waals surface area contributed by atoms with E-state index in [-0.39, 0.29) is 5.92 Å². The van der Waals surface area contributed by atoms with Crippen LogP contribution in [0.3, 0.4) is 0 Å². The van der Waals surface area contributed by atoms with Crippen LogP contribution < -0.4 is 5.73 Å². The van der Waals surface area contributed by atoms with Gasteiger partial charge in [-0.05, 0) is 17.2 Å². The SMILES string of the molecule is CC(C(=N)c1ccccc1)c1ccccc1N. The van der Waals surface area contributed by atoms with Crippen molar-refractivity contribution in [2.24, 2.45) is 0 Å². The maximum absolute atomic E-state index is 8.21. The molecule has 2 aromatic rings. The Kier molecular flexibility index (Phi) is 3.24. The Morgan fingerprint density at radius 3 is 2.24 bits per heavy atom. The quantitative estimate of drug-likeness (QED) is 0.609. The summed E-state index contributed by atoms with van der Waals surface area (Å²) in [4.78, 5) is 0. The maximum atomic E-state index is 8.21. The number of anilines is 1. The molecule has 2 heteroatoms. The zero-order chi connectivity index (χ0) is 12.3. The van der Waals surface area contributed by atoms with Gasteiger partial charge in [0.2, 0.25) is 0 Å². The van der Waals surface area contributed by atoms with Gasteiger partial charge in [-0.3, -0.25) is 0 Å². The van der Waals surface area contributed by atoms with Crippen LogP contribution in [-0.4, -0.2) is 5.71 Å². The number of rotatable bonds is 3. The molecule has 0 aliphatic heterocycles. The third kappa shape index (κ3) is 2.36. The number of para-hydroxylation sites is 1. The Balaban J connectivity index is 2.30. The number of benzene rings is 2. The van der Waals surface area contributed by atoms with Crippen molar-refractivity contribution in [3.63, 3.8) is 0 Å². The van der Waals surface area contributed by atoms with Gasteiger partial charge >= 0.3 is 0 Å². The fourth-order valence-electron chi connectivity index (χ4n) is 1.93. The molecule has 2 rings (SSSR count). The molecule has 0 radical (unpaired) electrons. The molecule has 0 aliphatic rings. The molecule has 0 bridgehead atoms. The first kappa shape index (κ1) is 11.4. The first-order valence-electron chi connectivity index (χ1n) is 5.68. The van der Waals surface area contributed by atoms with Crippen LogP contribution in [0.5, 0.6) is 0 Å². The average Bonchev–Trinajstić information content (AvgIpc) is 2.39. The van der Waals surface area contributed by atoms with Crippen LogP contribution in [0, 0.1) is 5.41 Å². The van der Waals surface area contributed by atoms with Crippen LogP contribution in [0.1, 0.15) is 24.0 Å². The molecule has 0 aromatic heterocycles. The summed E-state index contributed by atoms with van der Waals surface area (Å²) in [5.74, 6) is 0.0126. The lowest BCUT2D eigenvalue weighted by molar-refractivity contribution is 1.01. The first-order chi connectivity index (χ1) is 8.20. The molecule has 3 N–H and O–H groups in total. The van der Waals surface area contributed by atoms with Gasteiger partial charge < -0.3 is 11.1 Å². The number of hydrogen-bond donors (Lipinski definition) is 2. The van der Waals surface area contributed by atoms with Crippen LogP contribution >= 0.6 is 0 Å². The van der Waals surface area contributed by atoms with Gasteiger partial charge in [0.25, 0.3) is 0 Å². The molecular formula is C15H16N2. The highest BCUT2D eigenvalue weighted by molar-refractivity contribution is 6.03. The van der Waals surface area contributed by atoms with E-state index in [2.05, 4.69) is 0 Å². The number of nitrogens with two attached hydrogens (primary N) is 1. The van der Waals surface area contributed by atoms with E-state index in [9.17, 15) is 0 Å². The predicted molar refractivity (Wildman–Crippen MR) is 72.5 cm³/mol. The lowest BCUT2D eigenvalue weighted by Crippen LogP contribution is -2.11. The van der Waals surface area contributed by atoms with E-state index < -0.39 is 0 Å². The van der Waals surface area contributed by atoms with Gasteiger partial charge in [-0.1, -0.05) is 55.5 Å². The monoisotopic (exact) mass is 224 g/mol. The Hall–Kier alpha value is -2.09. The van der Waals surface area contributed by atoms with Gasteiger partial charge in [0.05, 0.1) is 0 Å². The summed E-state index contributed by atoms with van der Waals surface area (Å²) in [6.45, 7) is 2.01. The van der Waals surface area contributed by atoms with Gasteiger partial charge in [0.15, 0.2) is 0 Å². The largest absolute Gasteiger partial charge is 0.398 e. The molecule has 0 aliphatic carbocycles. The van der Waals surface area contributed by atoms with Crippen molar-refractivity contribution in [2.75, 3.05) is 5.73 Å². The van der Waals surface area contributed by atoms with E-state index >= 15 is 0 Å². The molecule has 0 saturated heterocycles. The highest BCUT2D eigenvalue weighted by Crippen LogP contribution is 2.25. The van der Waals surface area contributed by atoms with Crippen molar-refractivity contribution in [1.29, 1.82) is 5.41 Å². The van der Waals surface area contributed by atoms with Crippen molar-refractivity contribution >= 4 is 11.4 Å². The number of nitrogen functional groups attached to an aromatic ring is 1. The van der Waals surface area contributed by atoms with Gasteiger partial charge in [-0.2, -0.15) is 0 Å². The van der Waals surface area contributed by atoms with Gasteiger partial charge in [-0.15, -0.1) is 0 Å². The second kappa shape index (κ2) is 4.83. The van der Waals surface area contributed by atoms with E-state index in [0.717, 1.165) is 16.8 Å². The van der Waals surface area contributed by atoms with Crippen molar-refractivity contribution in [1.82, 2.24) is 0 Å². The van der Waals surface area contributed by atoms with E-state index in [1.807, 2.05) is 61.5 Å². The zero-order valence-electron chi connectivity index (χ0n) is 9.85. The first-order valence-corrected chi connectivity index (χ1v) is 5.68. The van der Waals surface area contributed by atoms with E-state index in [4.69, 9.17) is 11.1 Å². The molecule has 2 nitrogen and oxygen atoms in total. The van der Waals surface area contributed by atoms with Crippen LogP contribution in [-0.2, 0) is 0 Å². The molecule has 1 atom stereocenters. The van der Waals surface area contributed by atoms with E-state index in [1.54, 1.807) is 0 Å². The van der Waals surface area contributed by atoms with Gasteiger partial charge in [0.1, 0.15) is 0 Å². The molecule has 86 valence electrons. The molecule has 0 heterocycles. The lowest BCUT2D eigenvalue weighted by atomic mass is 9.91. The van der Waals surface area contributed by atoms with Gasteiger partial charge in [-0.25, -0.2) is 0 Å². The Labute approximate surface area is 102 Å². The Morgan fingerprint density at radius 2 is 1.59 bits per heavy atom. The molecular weight excluding hydrogens is 208 g/mol. The van der Waals surface area contributed by atoms with Gasteiger partial charge in [0, 0.05) is 17.3 Å². The second-order valence-corrected chi connectivity index (χ2v) is 4.13. The lowest BCUT2D eigenvalue weighted by Gasteiger charge is -2.15. The predicted octanol–water partition coefficient (Wildman–Crippen LogP) is 3.44. The highest BCUT2D eigenvalue weighted by Gasteiger charge is 2.14. The Morgan fingerprint density at radius 1 is 1.00 bits per heavy atom. The highest BCUT2D eigenvalue weighted by atomic mass is 14.6. The molecule has 0 fully saturated rings. The summed E-state index contributed by atoms with van der Waals surface area (Å²) in [5, 5.41) is 8.21. The third-order valence-corrected chi connectivity index (χ3v) is 2.98. The average molecular weight is 224 g/mol. The van der Waals surface area contributed by atoms with E-state index in [0.29, 0.717) is 5.71 Å². The third-order valence-electron chi connectivity index (χ3n) is 2.98. The summed E-state index contributed by atoms with van der Waals surface area (Å²) < 4.78 is 0. The molecule has 1 unspecified atom stereocenters. The molecule has 0 spiro atoms. The van der Waals surface area contributed by atoms with E-state index in [1.165, 1.54) is 0 Å². The Bertz CT molecular complexity index is 517. The summed E-state index contributed by atoms with van der Waals surface area (Å²) in [6.07, 6.45) is 0. The fraction of sp³-hybridized carbons (Fsp3) is 0.133. The molecule has 2 aromatic carbocycles. The van der Waals surface area contributed by atoms with Crippen molar-refractivity contribution in [3.05, 3.63) is 65.7 Å². The standard InChI is InChI=1S/C15H16N2/c1-11(13-9-5-6-10-14(13)16)15(17)12-7-3-2-4-8-12/h2-11,17H,16H2,1H3. The summed E-state index contributed by atoms with van der Waals surface area (Å²) in [7, 11) is 0. The van der Waals surface area contributed by atoms with Crippen LogP contribution in [0.25, 0.3) is 0 Å². The summed E-state index contributed by atoms with van der Waals surface area (Å²) >= 11 is 0.